The number of benzene rings is 3. The molecule has 1 aliphatic carbocycles. The van der Waals surface area contributed by atoms with Gasteiger partial charge in [0.2, 0.25) is 5.76 Å². The van der Waals surface area contributed by atoms with E-state index in [0.717, 1.165) is 17.5 Å². The average molecular weight is 506 g/mol. The van der Waals surface area contributed by atoms with Crippen LogP contribution in [0.4, 0.5) is 0 Å². The van der Waals surface area contributed by atoms with Gasteiger partial charge < -0.3 is 14.3 Å². The molecule has 0 atom stereocenters. The van der Waals surface area contributed by atoms with E-state index < -0.39 is 11.9 Å². The molecule has 0 unspecified atom stereocenters. The van der Waals surface area contributed by atoms with Gasteiger partial charge in [-0.1, -0.05) is 24.3 Å². The van der Waals surface area contributed by atoms with Crippen LogP contribution in [0.25, 0.3) is 11.1 Å². The van der Waals surface area contributed by atoms with Crippen molar-refractivity contribution in [3.05, 3.63) is 107 Å². The van der Waals surface area contributed by atoms with Gasteiger partial charge in [0.05, 0.1) is 17.3 Å². The summed E-state index contributed by atoms with van der Waals surface area (Å²) in [6.07, 6.45) is 2.03. The number of nitriles is 1. The van der Waals surface area contributed by atoms with E-state index in [-0.39, 0.29) is 11.5 Å². The van der Waals surface area contributed by atoms with Crippen molar-refractivity contribution in [2.45, 2.75) is 26.2 Å². The number of carbonyl (C=O) groups is 2. The largest absolute Gasteiger partial charge is 0.508 e. The van der Waals surface area contributed by atoms with Crippen LogP contribution in [0.2, 0.25) is 0 Å². The summed E-state index contributed by atoms with van der Waals surface area (Å²) >= 11 is 0. The smallest absolute Gasteiger partial charge is 0.379 e. The van der Waals surface area contributed by atoms with E-state index in [4.69, 9.17) is 14.4 Å². The predicted octanol–water partition coefficient (Wildman–Crippen LogP) is 5.52. The van der Waals surface area contributed by atoms with Gasteiger partial charge in [0.25, 0.3) is 5.91 Å². The third kappa shape index (κ3) is 5.04. The lowest BCUT2D eigenvalue weighted by molar-refractivity contribution is 0.0698. The summed E-state index contributed by atoms with van der Waals surface area (Å²) in [5.74, 6) is 0.155. The van der Waals surface area contributed by atoms with E-state index in [1.165, 1.54) is 24.3 Å². The van der Waals surface area contributed by atoms with Crippen molar-refractivity contribution >= 4 is 17.6 Å². The first-order valence-electron chi connectivity index (χ1n) is 12.0. The van der Waals surface area contributed by atoms with Crippen molar-refractivity contribution in [3.8, 4) is 28.7 Å². The van der Waals surface area contributed by atoms with E-state index in [0.29, 0.717) is 52.3 Å². The molecule has 1 aliphatic rings. The number of furan rings is 1. The van der Waals surface area contributed by atoms with Crippen LogP contribution >= 0.6 is 0 Å². The van der Waals surface area contributed by atoms with Gasteiger partial charge in [-0.05, 0) is 79.4 Å². The number of phenols is 1. The van der Waals surface area contributed by atoms with E-state index in [2.05, 4.69) is 16.6 Å². The van der Waals surface area contributed by atoms with Crippen LogP contribution in [0.15, 0.2) is 82.3 Å². The first-order chi connectivity index (χ1) is 18.4. The summed E-state index contributed by atoms with van der Waals surface area (Å²) in [6.45, 7) is 1.77. The molecule has 5 rings (SSSR count). The molecule has 3 aromatic carbocycles. The first kappa shape index (κ1) is 24.5. The quantitative estimate of drug-likeness (QED) is 0.209. The maximum absolute atomic E-state index is 13.0. The molecule has 8 nitrogen and oxygen atoms in total. The molecule has 0 aliphatic heterocycles. The van der Waals surface area contributed by atoms with Crippen LogP contribution in [0, 0.1) is 18.3 Å². The molecule has 2 N–H and O–H groups in total. The highest BCUT2D eigenvalue weighted by Crippen LogP contribution is 2.31. The van der Waals surface area contributed by atoms with E-state index in [9.17, 15) is 14.7 Å². The van der Waals surface area contributed by atoms with Crippen molar-refractivity contribution in [3.63, 3.8) is 0 Å². The fourth-order valence-electron chi connectivity index (χ4n) is 4.38. The Bertz CT molecular complexity index is 1580. The van der Waals surface area contributed by atoms with Gasteiger partial charge >= 0.3 is 5.97 Å². The van der Waals surface area contributed by atoms with Crippen LogP contribution in [0.3, 0.4) is 0 Å². The fraction of sp³-hybridized carbons (Fsp3) is 0.133. The van der Waals surface area contributed by atoms with Gasteiger partial charge in [0, 0.05) is 23.1 Å². The molecule has 1 aromatic heterocycles. The van der Waals surface area contributed by atoms with Crippen molar-refractivity contribution in [2.75, 3.05) is 0 Å². The van der Waals surface area contributed by atoms with Gasteiger partial charge in [-0.2, -0.15) is 10.4 Å². The Labute approximate surface area is 218 Å². The molecule has 38 heavy (non-hydrogen) atoms. The van der Waals surface area contributed by atoms with E-state index in [1.54, 1.807) is 31.2 Å². The highest BCUT2D eigenvalue weighted by Gasteiger charge is 2.29. The number of nitrogens with one attached hydrogen (secondary N) is 1. The molecular formula is C30H23N3O5. The zero-order valence-corrected chi connectivity index (χ0v) is 20.5. The Morgan fingerprint density at radius 3 is 2.29 bits per heavy atom. The highest BCUT2D eigenvalue weighted by molar-refractivity contribution is 6.06. The number of ether oxygens (including phenoxy) is 1. The normalized spacial score (nSPS) is 13.4. The number of phenolic OH excluding ortho intramolecular Hbond substituents is 1. The summed E-state index contributed by atoms with van der Waals surface area (Å²) in [5.41, 5.74) is 7.32. The minimum atomic E-state index is -0.615. The number of amides is 1. The van der Waals surface area contributed by atoms with Crippen molar-refractivity contribution < 1.29 is 23.8 Å². The lowest BCUT2D eigenvalue weighted by Crippen LogP contribution is -2.22. The molecule has 4 aromatic rings. The molecule has 1 amide bonds. The van der Waals surface area contributed by atoms with E-state index in [1.807, 2.05) is 24.3 Å². The molecule has 0 saturated heterocycles. The molecule has 188 valence electrons. The van der Waals surface area contributed by atoms with Crippen molar-refractivity contribution in [1.82, 2.24) is 5.43 Å². The fourth-order valence-corrected chi connectivity index (χ4v) is 4.38. The first-order valence-corrected chi connectivity index (χ1v) is 12.0. The minimum absolute atomic E-state index is 0.0699. The Kier molecular flexibility index (Phi) is 6.74. The number of hydrazone groups is 1. The number of aromatic hydroxyl groups is 1. The van der Waals surface area contributed by atoms with Gasteiger partial charge in [-0.15, -0.1) is 0 Å². The van der Waals surface area contributed by atoms with Crippen LogP contribution in [-0.2, 0) is 6.42 Å². The highest BCUT2D eigenvalue weighted by atomic mass is 16.5. The number of esters is 1. The molecule has 0 saturated carbocycles. The van der Waals surface area contributed by atoms with Gasteiger partial charge in [0.1, 0.15) is 17.3 Å². The maximum atomic E-state index is 13.0. The Morgan fingerprint density at radius 2 is 1.63 bits per heavy atom. The number of aryl methyl sites for hydroxylation is 1. The summed E-state index contributed by atoms with van der Waals surface area (Å²) in [6, 6.07) is 22.3. The molecule has 0 bridgehead atoms. The Morgan fingerprint density at radius 1 is 0.974 bits per heavy atom. The Hall–Kier alpha value is -5.16. The van der Waals surface area contributed by atoms with Crippen LogP contribution in [0.5, 0.6) is 11.5 Å². The standard InChI is InChI=1S/C30H23N3O5/c1-18-27-25(32-33-29(35)22-9-13-23(34)14-10-22)3-2-4-26(27)38-28(18)30(36)37-24-15-11-21(12-16-24)20-7-5-19(17-31)6-8-20/h5-16,34H,2-4H2,1H3,(H,33,35)/b32-25+. The second kappa shape index (κ2) is 10.4. The van der Waals surface area contributed by atoms with Gasteiger partial charge in [-0.25, -0.2) is 10.2 Å². The molecule has 8 heteroatoms. The summed E-state index contributed by atoms with van der Waals surface area (Å²) in [5, 5.41) is 22.7. The summed E-state index contributed by atoms with van der Waals surface area (Å²) in [7, 11) is 0. The number of carbonyl (C=O) groups excluding carboxylic acids is 2. The maximum Gasteiger partial charge on any atom is 0.379 e. The average Bonchev–Trinajstić information content (AvgIpc) is 3.29. The third-order valence-corrected chi connectivity index (χ3v) is 6.35. The van der Waals surface area contributed by atoms with Gasteiger partial charge in [-0.3, -0.25) is 4.79 Å². The number of hydrogen-bond acceptors (Lipinski definition) is 7. The SMILES string of the molecule is Cc1c(C(=O)Oc2ccc(-c3ccc(C#N)cc3)cc2)oc2c1/C(=N/NC(=O)c1ccc(O)cc1)CCC2. The lowest BCUT2D eigenvalue weighted by atomic mass is 9.93. The second-order valence-corrected chi connectivity index (χ2v) is 8.86. The minimum Gasteiger partial charge on any atom is -0.508 e. The lowest BCUT2D eigenvalue weighted by Gasteiger charge is -2.13. The molecule has 1 heterocycles. The summed E-state index contributed by atoms with van der Waals surface area (Å²) < 4.78 is 11.5. The van der Waals surface area contributed by atoms with Crippen molar-refractivity contribution in [1.29, 1.82) is 5.26 Å². The Balaban J connectivity index is 1.31. The molecule has 0 radical (unpaired) electrons. The van der Waals surface area contributed by atoms with Crippen LogP contribution in [-0.4, -0.2) is 22.7 Å². The number of hydrogen-bond donors (Lipinski definition) is 2. The number of nitrogens with zero attached hydrogens (tertiary/aromatic N) is 2. The number of fused-ring (bicyclic) bond motifs is 1. The van der Waals surface area contributed by atoms with Crippen LogP contribution in [0.1, 0.15) is 56.2 Å². The van der Waals surface area contributed by atoms with E-state index >= 15 is 0 Å². The van der Waals surface area contributed by atoms with Crippen LogP contribution < -0.4 is 10.2 Å². The molecule has 0 spiro atoms. The predicted molar refractivity (Wildman–Crippen MR) is 140 cm³/mol. The zero-order chi connectivity index (χ0) is 26.6. The monoisotopic (exact) mass is 505 g/mol. The molecule has 0 fully saturated rings. The topological polar surface area (TPSA) is 125 Å². The summed E-state index contributed by atoms with van der Waals surface area (Å²) in [4.78, 5) is 25.4. The third-order valence-electron chi connectivity index (χ3n) is 6.35. The molecular weight excluding hydrogens is 482 g/mol. The van der Waals surface area contributed by atoms with Gasteiger partial charge in [0.15, 0.2) is 0 Å². The van der Waals surface area contributed by atoms with Crippen molar-refractivity contribution in [2.24, 2.45) is 5.10 Å². The zero-order valence-electron chi connectivity index (χ0n) is 20.5. The second-order valence-electron chi connectivity index (χ2n) is 8.86. The number of rotatable bonds is 5.